The van der Waals surface area contributed by atoms with Crippen molar-refractivity contribution in [1.29, 1.82) is 0 Å². The number of aromatic carboxylic acids is 1. The van der Waals surface area contributed by atoms with Crippen LogP contribution < -0.4 is 5.32 Å². The smallest absolute Gasteiger partial charge is 0.463 e. The second kappa shape index (κ2) is 4.76. The van der Waals surface area contributed by atoms with Crippen molar-refractivity contribution in [2.24, 2.45) is 0 Å². The first-order valence-corrected chi connectivity index (χ1v) is 5.43. The minimum Gasteiger partial charge on any atom is -0.477 e. The quantitative estimate of drug-likeness (QED) is 0.844. The van der Waals surface area contributed by atoms with E-state index in [0.717, 1.165) is 0 Å². The molecule has 0 aromatic carbocycles. The molecule has 1 amide bonds. The topological polar surface area (TPSA) is 66.4 Å². The van der Waals surface area contributed by atoms with Crippen LogP contribution in [0.4, 0.5) is 27.6 Å². The number of anilines is 1. The van der Waals surface area contributed by atoms with Gasteiger partial charge in [-0.25, -0.2) is 4.79 Å². The van der Waals surface area contributed by atoms with Gasteiger partial charge in [0, 0.05) is 0 Å². The molecule has 1 aromatic rings. The predicted molar refractivity (Wildman–Crippen MR) is 55.6 cm³/mol. The summed E-state index contributed by atoms with van der Waals surface area (Å²) < 4.78 is 61.2. The average molecular weight is 303 g/mol. The lowest BCUT2D eigenvalue weighted by molar-refractivity contribution is -0.267. The second-order valence-electron chi connectivity index (χ2n) is 3.45. The SMILES string of the molecule is Cc1csc(C(=O)O)c1NC(=O)C(F)(F)C(F)(F)F. The van der Waals surface area contributed by atoms with Gasteiger partial charge in [-0.2, -0.15) is 22.0 Å². The van der Waals surface area contributed by atoms with Crippen molar-refractivity contribution in [3.05, 3.63) is 15.8 Å². The molecule has 0 aliphatic rings. The van der Waals surface area contributed by atoms with Crippen molar-refractivity contribution in [2.45, 2.75) is 19.0 Å². The number of nitrogens with one attached hydrogen (secondary N) is 1. The maximum Gasteiger partial charge on any atom is 0.463 e. The van der Waals surface area contributed by atoms with Crippen LogP contribution in [0.3, 0.4) is 0 Å². The number of aryl methyl sites for hydroxylation is 1. The molecule has 0 atom stereocenters. The van der Waals surface area contributed by atoms with Crippen LogP contribution in [0.15, 0.2) is 5.38 Å². The van der Waals surface area contributed by atoms with Gasteiger partial charge in [-0.05, 0) is 17.9 Å². The van der Waals surface area contributed by atoms with E-state index in [1.54, 1.807) is 0 Å². The summed E-state index contributed by atoms with van der Waals surface area (Å²) in [6, 6.07) is 0. The Bertz CT molecular complexity index is 522. The van der Waals surface area contributed by atoms with Crippen LogP contribution in [0.1, 0.15) is 15.2 Å². The zero-order valence-corrected chi connectivity index (χ0v) is 9.96. The standard InChI is InChI=1S/C9H6F5NO3S/c1-3-2-19-5(6(16)17)4(3)15-7(18)8(10,11)9(12,13)14/h2H,1H3,(H,15,18)(H,16,17). The fourth-order valence-electron chi connectivity index (χ4n) is 1.08. The summed E-state index contributed by atoms with van der Waals surface area (Å²) in [5.74, 6) is -9.76. The third kappa shape index (κ3) is 2.83. The van der Waals surface area contributed by atoms with Crippen LogP contribution in [0.5, 0.6) is 0 Å². The van der Waals surface area contributed by atoms with Crippen LogP contribution in [-0.2, 0) is 4.79 Å². The minimum absolute atomic E-state index is 0.0775. The van der Waals surface area contributed by atoms with E-state index >= 15 is 0 Å². The number of alkyl halides is 5. The molecule has 0 saturated carbocycles. The number of carbonyl (C=O) groups excluding carboxylic acids is 1. The third-order valence-corrected chi connectivity index (χ3v) is 3.13. The van der Waals surface area contributed by atoms with Gasteiger partial charge in [-0.3, -0.25) is 4.79 Å². The Morgan fingerprint density at radius 3 is 2.21 bits per heavy atom. The van der Waals surface area contributed by atoms with Crippen molar-refractivity contribution in [3.8, 4) is 0 Å². The first kappa shape index (κ1) is 15.3. The number of carbonyl (C=O) groups is 2. The van der Waals surface area contributed by atoms with Crippen molar-refractivity contribution in [2.75, 3.05) is 5.32 Å². The summed E-state index contributed by atoms with van der Waals surface area (Å²) >= 11 is 0.604. The first-order valence-electron chi connectivity index (χ1n) is 4.56. The zero-order chi connectivity index (χ0) is 15.0. The monoisotopic (exact) mass is 303 g/mol. The Morgan fingerprint density at radius 1 is 1.26 bits per heavy atom. The predicted octanol–water partition coefficient (Wildman–Crippen LogP) is 2.89. The molecule has 0 radical (unpaired) electrons. The van der Waals surface area contributed by atoms with Crippen LogP contribution >= 0.6 is 11.3 Å². The largest absolute Gasteiger partial charge is 0.477 e. The van der Waals surface area contributed by atoms with Gasteiger partial charge >= 0.3 is 24.0 Å². The van der Waals surface area contributed by atoms with Crippen LogP contribution in [0.25, 0.3) is 0 Å². The number of rotatable bonds is 3. The van der Waals surface area contributed by atoms with Gasteiger partial charge in [0.25, 0.3) is 0 Å². The van der Waals surface area contributed by atoms with E-state index in [1.165, 1.54) is 17.6 Å². The Morgan fingerprint density at radius 2 is 1.79 bits per heavy atom. The molecule has 1 aromatic heterocycles. The molecule has 0 unspecified atom stereocenters. The Labute approximate surface area is 106 Å². The molecule has 0 aliphatic heterocycles. The number of amides is 1. The average Bonchev–Trinajstić information content (AvgIpc) is 2.58. The number of carboxylic acids is 1. The Hall–Kier alpha value is -1.71. The van der Waals surface area contributed by atoms with Gasteiger partial charge < -0.3 is 10.4 Å². The highest BCUT2D eigenvalue weighted by atomic mass is 32.1. The summed E-state index contributed by atoms with van der Waals surface area (Å²) in [7, 11) is 0. The minimum atomic E-state index is -6.05. The molecule has 106 valence electrons. The fourth-order valence-corrected chi connectivity index (χ4v) is 1.92. The van der Waals surface area contributed by atoms with Crippen LogP contribution in [0, 0.1) is 6.92 Å². The van der Waals surface area contributed by atoms with E-state index in [2.05, 4.69) is 0 Å². The van der Waals surface area contributed by atoms with E-state index in [9.17, 15) is 31.5 Å². The van der Waals surface area contributed by atoms with E-state index in [1.807, 2.05) is 0 Å². The van der Waals surface area contributed by atoms with E-state index in [4.69, 9.17) is 5.11 Å². The summed E-state index contributed by atoms with van der Waals surface area (Å²) in [6.07, 6.45) is -6.05. The van der Waals surface area contributed by atoms with Crippen LogP contribution in [0.2, 0.25) is 0 Å². The summed E-state index contributed by atoms with van der Waals surface area (Å²) in [5.41, 5.74) is -0.486. The van der Waals surface area contributed by atoms with Crippen molar-refractivity contribution < 1.29 is 36.6 Å². The highest BCUT2D eigenvalue weighted by Gasteiger charge is 2.63. The van der Waals surface area contributed by atoms with Gasteiger partial charge in [0.15, 0.2) is 0 Å². The lowest BCUT2D eigenvalue weighted by Gasteiger charge is -2.18. The summed E-state index contributed by atoms with van der Waals surface area (Å²) in [6.45, 7) is 1.27. The molecule has 1 heterocycles. The zero-order valence-electron chi connectivity index (χ0n) is 9.14. The van der Waals surface area contributed by atoms with Crippen LogP contribution in [-0.4, -0.2) is 29.1 Å². The number of thiophene rings is 1. The molecule has 19 heavy (non-hydrogen) atoms. The van der Waals surface area contributed by atoms with Gasteiger partial charge in [0.2, 0.25) is 0 Å². The molecule has 0 aliphatic carbocycles. The van der Waals surface area contributed by atoms with Crippen molar-refractivity contribution >= 4 is 28.9 Å². The van der Waals surface area contributed by atoms with Crippen molar-refractivity contribution in [3.63, 3.8) is 0 Å². The first-order chi connectivity index (χ1) is 8.48. The maximum absolute atomic E-state index is 12.7. The lowest BCUT2D eigenvalue weighted by atomic mass is 10.2. The van der Waals surface area contributed by atoms with Gasteiger partial charge in [0.05, 0.1) is 5.69 Å². The molecule has 0 fully saturated rings. The normalized spacial score (nSPS) is 12.3. The van der Waals surface area contributed by atoms with Gasteiger partial charge in [0.1, 0.15) is 4.88 Å². The molecule has 0 saturated heterocycles. The number of hydrogen-bond acceptors (Lipinski definition) is 3. The van der Waals surface area contributed by atoms with E-state index in [-0.39, 0.29) is 5.56 Å². The highest BCUT2D eigenvalue weighted by Crippen LogP contribution is 2.37. The maximum atomic E-state index is 12.7. The highest BCUT2D eigenvalue weighted by molar-refractivity contribution is 7.12. The second-order valence-corrected chi connectivity index (χ2v) is 4.33. The molecule has 0 spiro atoms. The molecule has 0 bridgehead atoms. The molecule has 10 heteroatoms. The lowest BCUT2D eigenvalue weighted by Crippen LogP contribution is -2.47. The van der Waals surface area contributed by atoms with Crippen molar-refractivity contribution in [1.82, 2.24) is 0 Å². The summed E-state index contributed by atoms with van der Waals surface area (Å²) in [5, 5.41) is 11.2. The molecular weight excluding hydrogens is 297 g/mol. The number of halogens is 5. The number of carboxylic acid groups (broad SMARTS) is 1. The third-order valence-electron chi connectivity index (χ3n) is 2.05. The molecule has 1 rings (SSSR count). The number of hydrogen-bond donors (Lipinski definition) is 2. The van der Waals surface area contributed by atoms with E-state index in [0.29, 0.717) is 11.3 Å². The van der Waals surface area contributed by atoms with E-state index < -0.39 is 34.5 Å². The van der Waals surface area contributed by atoms with Gasteiger partial charge in [-0.15, -0.1) is 11.3 Å². The summed E-state index contributed by atoms with van der Waals surface area (Å²) in [4.78, 5) is 21.1. The fraction of sp³-hybridized carbons (Fsp3) is 0.333. The molecule has 4 nitrogen and oxygen atoms in total. The molecule has 2 N–H and O–H groups in total. The Kier molecular flexibility index (Phi) is 3.84. The van der Waals surface area contributed by atoms with Gasteiger partial charge in [-0.1, -0.05) is 0 Å². The molecular formula is C9H6F5NO3S. The Balaban J connectivity index is 3.08.